The van der Waals surface area contributed by atoms with Gasteiger partial charge >= 0.3 is 11.9 Å². The van der Waals surface area contributed by atoms with Crippen molar-refractivity contribution in [1.82, 2.24) is 58.1 Å². The summed E-state index contributed by atoms with van der Waals surface area (Å²) in [5.74, 6) is -16.6. The van der Waals surface area contributed by atoms with Crippen LogP contribution < -0.4 is 58.9 Å². The molecule has 1 fully saturated rings. The number of ketones is 1. The Kier molecular flexibility index (Phi) is 32.9. The van der Waals surface area contributed by atoms with Gasteiger partial charge in [0.1, 0.15) is 60.1 Å². The maximum atomic E-state index is 14.4. The third kappa shape index (κ3) is 25.9. The number of nitrogens with two attached hydrogens (primary N) is 1. The minimum Gasteiger partial charge on any atom is -0.508 e. The van der Waals surface area contributed by atoms with Crippen molar-refractivity contribution in [3.8, 4) is 5.75 Å². The Morgan fingerprint density at radius 1 is 0.589 bits per heavy atom. The summed E-state index contributed by atoms with van der Waals surface area (Å²) >= 11 is 1.28. The van der Waals surface area contributed by atoms with Crippen LogP contribution in [-0.2, 0) is 78.3 Å². The molecule has 0 radical (unpaired) electrons. The molecule has 1 heterocycles. The minimum atomic E-state index is -1.77. The molecule has 1 aliphatic rings. The number of amides is 12. The Bertz CT molecular complexity index is 2730. The van der Waals surface area contributed by atoms with E-state index >= 15 is 0 Å². The van der Waals surface area contributed by atoms with Crippen LogP contribution in [0.3, 0.4) is 0 Å². The number of benzene rings is 1. The summed E-state index contributed by atoms with van der Waals surface area (Å²) in [7, 11) is 0. The monoisotopic (exact) mass is 1290 g/mol. The highest BCUT2D eigenvalue weighted by Gasteiger charge is 2.42. The number of Topliss-reactive ketones (excluding diaryl/α,β-unsaturated/α-hetero) is 1. The second-order valence-electron chi connectivity index (χ2n) is 22.4. The van der Waals surface area contributed by atoms with E-state index in [9.17, 15) is 92.3 Å². The Balaban J connectivity index is 2.23. The fourth-order valence-electron chi connectivity index (χ4n) is 9.28. The Morgan fingerprint density at radius 2 is 1.07 bits per heavy atom. The van der Waals surface area contributed by atoms with Gasteiger partial charge in [0.05, 0.1) is 24.8 Å². The van der Waals surface area contributed by atoms with Crippen LogP contribution >= 0.6 is 11.8 Å². The van der Waals surface area contributed by atoms with Crippen molar-refractivity contribution < 1.29 is 97.5 Å². The number of hydrogen-bond acceptors (Lipinski definition) is 19. The van der Waals surface area contributed by atoms with Gasteiger partial charge in [-0.15, -0.1) is 0 Å². The first-order valence-electron chi connectivity index (χ1n) is 29.3. The van der Waals surface area contributed by atoms with E-state index in [1.54, 1.807) is 40.9 Å². The van der Waals surface area contributed by atoms with Crippen LogP contribution in [0.5, 0.6) is 5.75 Å². The van der Waals surface area contributed by atoms with E-state index < -0.39 is 199 Å². The molecule has 0 aromatic heterocycles. The number of carbonyl (C=O) groups is 15. The molecule has 2 rings (SSSR count). The van der Waals surface area contributed by atoms with Crippen molar-refractivity contribution in [2.75, 3.05) is 25.1 Å². The average Bonchev–Trinajstić information content (AvgIpc) is 1.77. The third-order valence-corrected chi connectivity index (χ3v) is 14.8. The van der Waals surface area contributed by atoms with E-state index in [1.165, 1.54) is 47.9 Å². The first kappa shape index (κ1) is 77.6. The van der Waals surface area contributed by atoms with Gasteiger partial charge in [-0.1, -0.05) is 53.2 Å². The molecule has 0 saturated carbocycles. The molecule has 12 atom stereocenters. The maximum absolute atomic E-state index is 14.4. The number of primary amides is 1. The highest BCUT2D eigenvalue weighted by Crippen LogP contribution is 2.22. The summed E-state index contributed by atoms with van der Waals surface area (Å²) in [6, 6.07) is -9.20. The zero-order valence-electron chi connectivity index (χ0n) is 51.9. The second-order valence-corrected chi connectivity index (χ2v) is 23.4. The summed E-state index contributed by atoms with van der Waals surface area (Å²) in [6.07, 6.45) is -3.15. The van der Waals surface area contributed by atoms with Gasteiger partial charge in [-0.3, -0.25) is 71.9 Å². The predicted molar refractivity (Wildman–Crippen MR) is 321 cm³/mol. The van der Waals surface area contributed by atoms with Gasteiger partial charge in [0, 0.05) is 32.7 Å². The number of phenolic OH excluding ortho intramolecular Hbond substituents is 1. The van der Waals surface area contributed by atoms with Gasteiger partial charge in [0.15, 0.2) is 0 Å². The van der Waals surface area contributed by atoms with Gasteiger partial charge in [0.25, 0.3) is 5.91 Å². The molecule has 0 aliphatic carbocycles. The fourth-order valence-corrected chi connectivity index (χ4v) is 9.75. The summed E-state index contributed by atoms with van der Waals surface area (Å²) < 4.78 is 0. The number of likely N-dealkylation sites (tertiary alicyclic amines) is 1. The molecule has 0 bridgehead atoms. The minimum absolute atomic E-state index is 0.0228. The zero-order chi connectivity index (χ0) is 68.3. The SMILES string of the molecule is CCCC(NC(=O)C1CCCN1C(=O)C(NC(=O)C(NC(=O)C(CCC(=O)O)NC(=O)C(CCC(=O)O)NC(C)=O)C(C)C)C(C)C)C(=O)C(=O)NCC(=O)NC(CCSC)C(=O)NC(C(=O)NC(Cc1ccc(O)cc1)C(=O)NC(C(N)=O)C(C)O)C(C)O. The second kappa shape index (κ2) is 38.2. The van der Waals surface area contributed by atoms with E-state index in [0.29, 0.717) is 12.0 Å². The number of carboxylic acid groups (broad SMARTS) is 2. The highest BCUT2D eigenvalue weighted by molar-refractivity contribution is 7.98. The largest absolute Gasteiger partial charge is 0.508 e. The van der Waals surface area contributed by atoms with Crippen molar-refractivity contribution in [2.24, 2.45) is 17.6 Å². The summed E-state index contributed by atoms with van der Waals surface area (Å²) in [6.45, 7) is 10.5. The number of aliphatic hydroxyl groups is 2. The predicted octanol–water partition coefficient (Wildman–Crippen LogP) is -4.16. The van der Waals surface area contributed by atoms with E-state index in [2.05, 4.69) is 53.2 Å². The highest BCUT2D eigenvalue weighted by atomic mass is 32.2. The number of phenols is 1. The summed E-state index contributed by atoms with van der Waals surface area (Å²) in [5.41, 5.74) is 5.76. The van der Waals surface area contributed by atoms with E-state index in [4.69, 9.17) is 10.8 Å². The lowest BCUT2D eigenvalue weighted by Gasteiger charge is -2.33. The number of nitrogens with one attached hydrogen (secondary N) is 10. The number of carbonyl (C=O) groups excluding carboxylic acids is 13. The zero-order valence-corrected chi connectivity index (χ0v) is 52.7. The number of aromatic hydroxyl groups is 1. The lowest BCUT2D eigenvalue weighted by Crippen LogP contribution is -2.62. The molecule has 33 heteroatoms. The topological polar surface area (TPSA) is 507 Å². The standard InChI is InChI=1S/C57H88N12O20S/c1-10-12-34(47(79)56(88)59-26-40(74)61-37(22-24-90-9)51(83)68-46(30(7)71)55(87)64-38(25-32-14-16-33(73)17-15-32)52(84)67-45(29(6)70)48(58)80)62-53(85)39-13-11-23-69(39)57(89)44(28(4)5)66-54(86)43(27(2)3)65-50(82)36(19-21-42(77)78)63-49(81)35(60-31(8)72)18-20-41(75)76/h14-17,27-30,34-39,43-46,70-71,73H,10-13,18-26H2,1-9H3,(H2,58,80)(H,59,88)(H,60,72)(H,61,74)(H,62,85)(H,63,81)(H,64,87)(H,65,82)(H,66,86)(H,67,84)(H,68,83)(H,75,76)(H,77,78). The van der Waals surface area contributed by atoms with E-state index in [1.807, 2.05) is 0 Å². The Labute approximate surface area is 524 Å². The van der Waals surface area contributed by atoms with Gasteiger partial charge in [-0.2, -0.15) is 11.8 Å². The number of aliphatic hydroxyl groups excluding tert-OH is 2. The van der Waals surface area contributed by atoms with Crippen LogP contribution in [0, 0.1) is 11.8 Å². The number of nitrogens with zero attached hydrogens (tertiary/aromatic N) is 1. The molecule has 502 valence electrons. The number of rotatable bonds is 39. The molecular weight excluding hydrogens is 1200 g/mol. The summed E-state index contributed by atoms with van der Waals surface area (Å²) in [5, 5.41) is 73.0. The molecule has 32 nitrogen and oxygen atoms in total. The van der Waals surface area contributed by atoms with Crippen molar-refractivity contribution in [1.29, 1.82) is 0 Å². The van der Waals surface area contributed by atoms with Gasteiger partial charge in [-0.05, 0) is 93.9 Å². The van der Waals surface area contributed by atoms with Gasteiger partial charge in [-0.25, -0.2) is 0 Å². The average molecular weight is 1290 g/mol. The van der Waals surface area contributed by atoms with Crippen LogP contribution in [0.25, 0.3) is 0 Å². The molecular formula is C57H88N12O20S. The maximum Gasteiger partial charge on any atom is 0.303 e. The van der Waals surface area contributed by atoms with Crippen molar-refractivity contribution in [2.45, 2.75) is 192 Å². The molecule has 12 unspecified atom stereocenters. The number of carboxylic acids is 2. The van der Waals surface area contributed by atoms with E-state index in [0.717, 1.165) is 13.8 Å². The van der Waals surface area contributed by atoms with E-state index in [-0.39, 0.29) is 56.6 Å². The number of aliphatic carboxylic acids is 2. The van der Waals surface area contributed by atoms with Crippen molar-refractivity contribution in [3.63, 3.8) is 0 Å². The van der Waals surface area contributed by atoms with Crippen LogP contribution in [0.15, 0.2) is 24.3 Å². The number of thioether (sulfide) groups is 1. The summed E-state index contributed by atoms with van der Waals surface area (Å²) in [4.78, 5) is 199. The van der Waals surface area contributed by atoms with Crippen LogP contribution in [0.4, 0.5) is 0 Å². The lowest BCUT2D eigenvalue weighted by molar-refractivity contribution is -0.144. The molecule has 1 aliphatic heterocycles. The molecule has 1 aromatic rings. The molecule has 90 heavy (non-hydrogen) atoms. The fraction of sp³-hybridized carbons (Fsp3) is 0.632. The van der Waals surface area contributed by atoms with Crippen molar-refractivity contribution in [3.05, 3.63) is 29.8 Å². The van der Waals surface area contributed by atoms with Gasteiger partial charge in [0.2, 0.25) is 70.8 Å². The Morgan fingerprint density at radius 3 is 1.57 bits per heavy atom. The third-order valence-electron chi connectivity index (χ3n) is 14.2. The normalized spacial score (nSPS) is 16.5. The lowest BCUT2D eigenvalue weighted by atomic mass is 9.98. The number of hydrogen-bond donors (Lipinski definition) is 16. The van der Waals surface area contributed by atoms with Crippen LogP contribution in [0.1, 0.15) is 119 Å². The first-order chi connectivity index (χ1) is 42.1. The molecule has 1 saturated heterocycles. The van der Waals surface area contributed by atoms with Crippen molar-refractivity contribution >= 4 is 100 Å². The van der Waals surface area contributed by atoms with Gasteiger partial charge < -0.3 is 89.3 Å². The first-order valence-corrected chi connectivity index (χ1v) is 30.7. The molecule has 17 N–H and O–H groups in total. The quantitative estimate of drug-likeness (QED) is 0.0278. The smallest absolute Gasteiger partial charge is 0.303 e. The molecule has 1 aromatic carbocycles. The Hall–Kier alpha value is -8.46. The molecule has 12 amide bonds. The van der Waals surface area contributed by atoms with Crippen LogP contribution in [-0.4, -0.2) is 217 Å². The van der Waals surface area contributed by atoms with Crippen LogP contribution in [0.2, 0.25) is 0 Å². The molecule has 0 spiro atoms.